The lowest BCUT2D eigenvalue weighted by Crippen LogP contribution is -2.37. The van der Waals surface area contributed by atoms with Crippen molar-refractivity contribution in [2.24, 2.45) is 0 Å². The lowest BCUT2D eigenvalue weighted by atomic mass is 10.1. The molecule has 2 aromatic carbocycles. The molecule has 6 nitrogen and oxygen atoms in total. The third-order valence-electron chi connectivity index (χ3n) is 5.93. The normalized spacial score (nSPS) is 20.7. The van der Waals surface area contributed by atoms with Crippen molar-refractivity contribution < 1.29 is 9.66 Å². The molecule has 0 N–H and O–H groups in total. The predicted octanol–water partition coefficient (Wildman–Crippen LogP) is 5.55. The van der Waals surface area contributed by atoms with Crippen molar-refractivity contribution in [3.05, 3.63) is 68.7 Å². The molecular weight excluding hydrogens is 402 g/mol. The maximum absolute atomic E-state index is 11.5. The molecule has 1 unspecified atom stereocenters. The molecule has 0 bridgehead atoms. The Bertz CT molecular complexity index is 866. The molecule has 2 fully saturated rings. The zero-order chi connectivity index (χ0) is 20.9. The van der Waals surface area contributed by atoms with Crippen molar-refractivity contribution in [3.8, 4) is 0 Å². The molecule has 0 amide bonds. The summed E-state index contributed by atoms with van der Waals surface area (Å²) >= 11 is 6.04. The van der Waals surface area contributed by atoms with Crippen LogP contribution in [0.15, 0.2) is 42.5 Å². The Morgan fingerprint density at radius 1 is 1.00 bits per heavy atom. The minimum atomic E-state index is -0.317. The lowest BCUT2D eigenvalue weighted by Gasteiger charge is -2.38. The molecule has 2 saturated heterocycles. The quantitative estimate of drug-likeness (QED) is 0.460. The van der Waals surface area contributed by atoms with Crippen LogP contribution in [0, 0.1) is 10.1 Å². The molecule has 160 valence electrons. The number of halogens is 1. The summed E-state index contributed by atoms with van der Waals surface area (Å²) in [5.74, 6) is 0. The first kappa shape index (κ1) is 21.1. The monoisotopic (exact) mass is 429 g/mol. The number of nitro benzene ring substituents is 1. The SMILES string of the molecule is O=[N+]([O-])c1ccc(N2CCCCCC2)c(C2OCCCN2Cc2ccc(Cl)cc2)c1. The van der Waals surface area contributed by atoms with Gasteiger partial charge in [-0.3, -0.25) is 15.0 Å². The van der Waals surface area contributed by atoms with E-state index in [9.17, 15) is 10.1 Å². The zero-order valence-corrected chi connectivity index (χ0v) is 17.9. The first-order valence-corrected chi connectivity index (χ1v) is 11.1. The van der Waals surface area contributed by atoms with Gasteiger partial charge in [-0.2, -0.15) is 0 Å². The molecule has 2 heterocycles. The van der Waals surface area contributed by atoms with Gasteiger partial charge in [0.15, 0.2) is 0 Å². The summed E-state index contributed by atoms with van der Waals surface area (Å²) in [4.78, 5) is 15.8. The molecule has 2 aliphatic rings. The largest absolute Gasteiger partial charge is 0.371 e. The summed E-state index contributed by atoms with van der Waals surface area (Å²) in [6.07, 6.45) is 5.42. The Hall–Kier alpha value is -2.15. The summed E-state index contributed by atoms with van der Waals surface area (Å²) in [5, 5.41) is 12.2. The highest BCUT2D eigenvalue weighted by Gasteiger charge is 2.30. The first-order valence-electron chi connectivity index (χ1n) is 10.8. The highest BCUT2D eigenvalue weighted by atomic mass is 35.5. The van der Waals surface area contributed by atoms with E-state index in [-0.39, 0.29) is 16.8 Å². The number of nitro groups is 1. The Kier molecular flexibility index (Phi) is 6.87. The van der Waals surface area contributed by atoms with Crippen LogP contribution in [0.3, 0.4) is 0 Å². The van der Waals surface area contributed by atoms with Gasteiger partial charge in [0.05, 0.1) is 11.5 Å². The van der Waals surface area contributed by atoms with Crippen LogP contribution in [-0.4, -0.2) is 36.1 Å². The number of non-ortho nitro benzene ring substituents is 1. The number of benzene rings is 2. The number of ether oxygens (including phenoxy) is 1. The Balaban J connectivity index is 1.68. The third-order valence-corrected chi connectivity index (χ3v) is 6.18. The average Bonchev–Trinajstić information content (AvgIpc) is 3.05. The van der Waals surface area contributed by atoms with Crippen LogP contribution in [0.1, 0.15) is 49.5 Å². The number of hydrogen-bond acceptors (Lipinski definition) is 5. The van der Waals surface area contributed by atoms with Crippen molar-refractivity contribution >= 4 is 23.0 Å². The molecule has 0 spiro atoms. The Labute approximate surface area is 182 Å². The third kappa shape index (κ3) is 4.94. The van der Waals surface area contributed by atoms with Gasteiger partial charge in [-0.25, -0.2) is 0 Å². The van der Waals surface area contributed by atoms with E-state index >= 15 is 0 Å². The summed E-state index contributed by atoms with van der Waals surface area (Å²) in [6, 6.07) is 13.1. The molecule has 7 heteroatoms. The van der Waals surface area contributed by atoms with Crippen LogP contribution < -0.4 is 4.90 Å². The van der Waals surface area contributed by atoms with Gasteiger partial charge in [0.2, 0.25) is 0 Å². The van der Waals surface area contributed by atoms with Gasteiger partial charge < -0.3 is 9.64 Å². The smallest absolute Gasteiger partial charge is 0.270 e. The highest BCUT2D eigenvalue weighted by molar-refractivity contribution is 6.30. The van der Waals surface area contributed by atoms with E-state index in [1.807, 2.05) is 30.3 Å². The van der Waals surface area contributed by atoms with Crippen molar-refractivity contribution in [2.45, 2.75) is 44.9 Å². The van der Waals surface area contributed by atoms with Crippen molar-refractivity contribution in [3.63, 3.8) is 0 Å². The van der Waals surface area contributed by atoms with Crippen LogP contribution >= 0.6 is 11.6 Å². The van der Waals surface area contributed by atoms with E-state index in [4.69, 9.17) is 16.3 Å². The van der Waals surface area contributed by atoms with Gasteiger partial charge in [0, 0.05) is 54.6 Å². The molecule has 30 heavy (non-hydrogen) atoms. The summed E-state index contributed by atoms with van der Waals surface area (Å²) < 4.78 is 6.22. The maximum atomic E-state index is 11.5. The van der Waals surface area contributed by atoms with E-state index in [0.29, 0.717) is 18.2 Å². The van der Waals surface area contributed by atoms with Crippen LogP contribution in [-0.2, 0) is 11.3 Å². The fourth-order valence-corrected chi connectivity index (χ4v) is 4.54. The van der Waals surface area contributed by atoms with E-state index in [0.717, 1.165) is 55.7 Å². The molecule has 0 radical (unpaired) electrons. The van der Waals surface area contributed by atoms with Crippen molar-refractivity contribution in [1.82, 2.24) is 4.90 Å². The predicted molar refractivity (Wildman–Crippen MR) is 119 cm³/mol. The van der Waals surface area contributed by atoms with Gasteiger partial charge in [-0.15, -0.1) is 0 Å². The molecule has 0 aliphatic carbocycles. The molecule has 0 saturated carbocycles. The molecular formula is C23H28ClN3O3. The number of nitrogens with zero attached hydrogens (tertiary/aromatic N) is 3. The highest BCUT2D eigenvalue weighted by Crippen LogP contribution is 2.37. The topological polar surface area (TPSA) is 58.9 Å². The number of anilines is 1. The molecule has 1 atom stereocenters. The van der Waals surface area contributed by atoms with Crippen molar-refractivity contribution in [1.29, 1.82) is 0 Å². The Morgan fingerprint density at radius 3 is 2.43 bits per heavy atom. The van der Waals surface area contributed by atoms with Crippen LogP contribution in [0.5, 0.6) is 0 Å². The van der Waals surface area contributed by atoms with Gasteiger partial charge in [-0.05, 0) is 43.0 Å². The second kappa shape index (κ2) is 9.77. The van der Waals surface area contributed by atoms with Crippen molar-refractivity contribution in [2.75, 3.05) is 31.1 Å². The van der Waals surface area contributed by atoms with E-state index < -0.39 is 0 Å². The molecule has 4 rings (SSSR count). The molecule has 2 aliphatic heterocycles. The minimum absolute atomic E-state index is 0.115. The lowest BCUT2D eigenvalue weighted by molar-refractivity contribution is -0.385. The van der Waals surface area contributed by atoms with Gasteiger partial charge in [-0.1, -0.05) is 36.6 Å². The maximum Gasteiger partial charge on any atom is 0.270 e. The van der Waals surface area contributed by atoms with Gasteiger partial charge in [0.25, 0.3) is 5.69 Å². The van der Waals surface area contributed by atoms with Crippen LogP contribution in [0.2, 0.25) is 5.02 Å². The summed E-state index contributed by atoms with van der Waals surface area (Å²) in [7, 11) is 0. The molecule has 0 aromatic heterocycles. The average molecular weight is 430 g/mol. The fraction of sp³-hybridized carbons (Fsp3) is 0.478. The zero-order valence-electron chi connectivity index (χ0n) is 17.1. The number of hydrogen-bond donors (Lipinski definition) is 0. The minimum Gasteiger partial charge on any atom is -0.371 e. The standard InChI is InChI=1S/C23H28ClN3O3/c24-19-8-6-18(7-9-19)17-26-14-5-15-30-23(26)21-16-20(27(28)29)10-11-22(21)25-12-3-1-2-4-13-25/h6-11,16,23H,1-5,12-15,17H2. The first-order chi connectivity index (χ1) is 14.6. The summed E-state index contributed by atoms with van der Waals surface area (Å²) in [6.45, 7) is 4.22. The van der Waals surface area contributed by atoms with Crippen LogP contribution in [0.4, 0.5) is 11.4 Å². The van der Waals surface area contributed by atoms with Crippen LogP contribution in [0.25, 0.3) is 0 Å². The Morgan fingerprint density at radius 2 is 1.73 bits per heavy atom. The van der Waals surface area contributed by atoms with E-state index in [1.165, 1.54) is 12.8 Å². The van der Waals surface area contributed by atoms with Gasteiger partial charge in [0.1, 0.15) is 6.23 Å². The fourth-order valence-electron chi connectivity index (χ4n) is 4.41. The second-order valence-electron chi connectivity index (χ2n) is 8.08. The van der Waals surface area contributed by atoms with Gasteiger partial charge >= 0.3 is 0 Å². The summed E-state index contributed by atoms with van der Waals surface area (Å²) in [5.41, 5.74) is 3.23. The number of rotatable bonds is 5. The van der Waals surface area contributed by atoms with E-state index in [1.54, 1.807) is 12.1 Å². The van der Waals surface area contributed by atoms with E-state index in [2.05, 4.69) is 9.80 Å². The second-order valence-corrected chi connectivity index (χ2v) is 8.51. The molecule has 2 aromatic rings.